The Hall–Kier alpha value is -6.79. The SMILES string of the molecule is Cc1cc(C)cc(N)c1.Cc1cc(C)cc(NCc2ccc3nc(NCCCN4CCCCC4)n(Cc4nc(C)ccc4O)c3c2)c1.Cc1ccc(O)c(Cn2c(NCCCN3CCCCC3)nc3ccc(C=O)cc32)n1.ClCCl.[O]=[Mn]=[O]. The van der Waals surface area contributed by atoms with Gasteiger partial charge in [0.2, 0.25) is 11.9 Å². The van der Waals surface area contributed by atoms with Crippen molar-refractivity contribution in [2.24, 2.45) is 0 Å². The van der Waals surface area contributed by atoms with Crippen LogP contribution in [-0.4, -0.2) is 113 Å². The molecule has 6 heterocycles. The number of piperidine rings is 2. The van der Waals surface area contributed by atoms with E-state index in [1.165, 1.54) is 92.5 Å². The number of nitrogens with zero attached hydrogens (tertiary/aromatic N) is 8. The predicted octanol–water partition coefficient (Wildman–Crippen LogP) is 12.7. The molecule has 20 heteroatoms. The minimum absolute atomic E-state index is 0.157. The van der Waals surface area contributed by atoms with Gasteiger partial charge in [-0.3, -0.25) is 14.8 Å². The Morgan fingerprint density at radius 3 is 1.45 bits per heavy atom. The van der Waals surface area contributed by atoms with E-state index in [1.54, 1.807) is 24.3 Å². The molecule has 0 amide bonds. The Balaban J connectivity index is 0.000000217. The van der Waals surface area contributed by atoms with E-state index in [0.717, 1.165) is 109 Å². The number of nitrogens with one attached hydrogen (secondary N) is 3. The quantitative estimate of drug-likeness (QED) is 0.0155. The van der Waals surface area contributed by atoms with Gasteiger partial charge in [-0.2, -0.15) is 0 Å². The van der Waals surface area contributed by atoms with Gasteiger partial charge >= 0.3 is 22.5 Å². The molecule has 10 rings (SSSR count). The van der Waals surface area contributed by atoms with Crippen LogP contribution in [0.25, 0.3) is 22.1 Å². The number of hydrogen-bond donors (Lipinski definition) is 6. The zero-order valence-corrected chi connectivity index (χ0v) is 51.6. The number of aromatic nitrogens is 6. The fourth-order valence-electron chi connectivity index (χ4n) is 10.5. The van der Waals surface area contributed by atoms with Gasteiger partial charge in [0.1, 0.15) is 29.2 Å². The van der Waals surface area contributed by atoms with Crippen LogP contribution in [0.2, 0.25) is 0 Å². The number of nitrogen functional groups attached to an aromatic ring is 1. The van der Waals surface area contributed by atoms with E-state index >= 15 is 0 Å². The van der Waals surface area contributed by atoms with E-state index in [4.69, 9.17) is 46.6 Å². The number of fused-ring (bicyclic) bond motifs is 2. The van der Waals surface area contributed by atoms with Crippen LogP contribution in [0.15, 0.2) is 97.1 Å². The van der Waals surface area contributed by atoms with Gasteiger partial charge in [0.25, 0.3) is 0 Å². The number of aldehydes is 1. The van der Waals surface area contributed by atoms with Crippen molar-refractivity contribution in [3.05, 3.63) is 153 Å². The van der Waals surface area contributed by atoms with Crippen LogP contribution in [0.4, 0.5) is 23.3 Å². The zero-order chi connectivity index (χ0) is 59.7. The average molecular weight is 1210 g/mol. The van der Waals surface area contributed by atoms with E-state index in [2.05, 4.69) is 96.6 Å². The van der Waals surface area contributed by atoms with E-state index in [9.17, 15) is 15.0 Å². The van der Waals surface area contributed by atoms with Crippen molar-refractivity contribution in [3.63, 3.8) is 0 Å². The number of aromatic hydroxyl groups is 2. The molecule has 0 saturated carbocycles. The molecule has 2 aliphatic rings. The third kappa shape index (κ3) is 21.1. The molecule has 445 valence electrons. The Morgan fingerprint density at radius 1 is 0.566 bits per heavy atom. The number of imidazole rings is 2. The summed E-state index contributed by atoms with van der Waals surface area (Å²) in [6.45, 7) is 22.4. The maximum atomic E-state index is 11.3. The van der Waals surface area contributed by atoms with Crippen molar-refractivity contribution in [3.8, 4) is 11.5 Å². The number of carbonyl (C=O) groups is 1. The van der Waals surface area contributed by atoms with Crippen LogP contribution in [-0.2, 0) is 42.1 Å². The van der Waals surface area contributed by atoms with Crippen LogP contribution in [0.3, 0.4) is 0 Å². The molecular formula is C63H82Cl2MnN12O5. The number of hydrogen-bond acceptors (Lipinski definition) is 15. The summed E-state index contributed by atoms with van der Waals surface area (Å²) < 4.78 is 21.0. The van der Waals surface area contributed by atoms with E-state index in [0.29, 0.717) is 30.0 Å². The average Bonchev–Trinajstić information content (AvgIpc) is 4.12. The van der Waals surface area contributed by atoms with Gasteiger partial charge < -0.3 is 50.8 Å². The number of nitrogens with two attached hydrogens (primary N) is 1. The normalized spacial score (nSPS) is 13.3. The number of aryl methyl sites for hydroxylation is 6. The second-order valence-corrected chi connectivity index (χ2v) is 22.3. The molecule has 8 aromatic rings. The third-order valence-electron chi connectivity index (χ3n) is 14.2. The molecule has 0 radical (unpaired) electrons. The summed E-state index contributed by atoms with van der Waals surface area (Å²) in [6, 6.07) is 31.5. The van der Waals surface area contributed by atoms with Crippen LogP contribution < -0.4 is 21.7 Å². The number of halogens is 2. The summed E-state index contributed by atoms with van der Waals surface area (Å²) in [5, 5.41) is 31.6. The van der Waals surface area contributed by atoms with Gasteiger partial charge in [0, 0.05) is 48.0 Å². The molecule has 4 aromatic heterocycles. The van der Waals surface area contributed by atoms with Crippen LogP contribution in [0.5, 0.6) is 11.5 Å². The van der Waals surface area contributed by atoms with Crippen LogP contribution >= 0.6 is 23.2 Å². The van der Waals surface area contributed by atoms with Gasteiger partial charge in [-0.1, -0.05) is 31.0 Å². The van der Waals surface area contributed by atoms with Crippen LogP contribution in [0.1, 0.15) is 112 Å². The van der Waals surface area contributed by atoms with Gasteiger partial charge in [-0.15, -0.1) is 23.2 Å². The van der Waals surface area contributed by atoms with Gasteiger partial charge in [0.15, 0.2) is 0 Å². The molecule has 0 aliphatic carbocycles. The number of benzene rings is 4. The Kier molecular flexibility index (Phi) is 26.9. The predicted molar refractivity (Wildman–Crippen MR) is 333 cm³/mol. The van der Waals surface area contributed by atoms with Crippen molar-refractivity contribution in [2.75, 3.05) is 79.4 Å². The topological polar surface area (TPSA) is 222 Å². The standard InChI is InChI=1S/C31H40N6O.C23H29N5O2.C8H11N.CH2Cl2.Mn.2O/c1-22-16-23(2)18-26(17-22)33-20-25-9-10-27-29(19-25)37(21-28-30(38)11-8-24(3)34-28)31(35-27)32-12-7-15-36-13-5-4-6-14-36;1-17-6-9-22(30)20(25-17)15-28-21-14-18(16-29)7-8-19(21)26-23(28)24-10-5-13-27-11-3-2-4-12-27;1-6-3-7(2)5-8(9)4-6;2-1-3;;;/h8-11,16-19,33,38H,4-7,12-15,20-21H2,1-3H3,(H,32,35);6-9,14,16,30H,2-5,10-13,15H2,1H3,(H,24,26);3-5H,9H2,1-2H3;1H2;;;. The molecule has 0 atom stereocenters. The summed E-state index contributed by atoms with van der Waals surface area (Å²) in [4.78, 5) is 35.2. The molecule has 7 N–H and O–H groups in total. The van der Waals surface area contributed by atoms with E-state index in [-0.39, 0.29) is 16.8 Å². The molecule has 17 nitrogen and oxygen atoms in total. The molecule has 83 heavy (non-hydrogen) atoms. The number of rotatable bonds is 18. The number of anilines is 4. The first-order valence-electron chi connectivity index (χ1n) is 28.4. The second-order valence-electron chi connectivity index (χ2n) is 21.2. The molecule has 2 aliphatic heterocycles. The second kappa shape index (κ2) is 34.1. The molecule has 0 unspecified atom stereocenters. The van der Waals surface area contributed by atoms with Crippen molar-refractivity contribution in [1.29, 1.82) is 0 Å². The van der Waals surface area contributed by atoms with Gasteiger partial charge in [-0.25, -0.2) is 9.97 Å². The van der Waals surface area contributed by atoms with Crippen LogP contribution in [0, 0.1) is 41.5 Å². The summed E-state index contributed by atoms with van der Waals surface area (Å²) in [7, 11) is 0. The molecule has 0 spiro atoms. The minimum atomic E-state index is -1.44. The van der Waals surface area contributed by atoms with Crippen molar-refractivity contribution in [2.45, 2.75) is 113 Å². The molecule has 2 saturated heterocycles. The number of likely N-dealkylation sites (tertiary alicyclic amines) is 2. The van der Waals surface area contributed by atoms with Crippen molar-refractivity contribution >= 4 is 74.8 Å². The summed E-state index contributed by atoms with van der Waals surface area (Å²) >= 11 is 8.09. The summed E-state index contributed by atoms with van der Waals surface area (Å²) in [5.41, 5.74) is 20.9. The Morgan fingerprint density at radius 2 is 1.00 bits per heavy atom. The van der Waals surface area contributed by atoms with E-state index < -0.39 is 14.8 Å². The summed E-state index contributed by atoms with van der Waals surface area (Å²) in [5.74, 6) is 1.92. The first kappa shape index (κ1) is 65.4. The summed E-state index contributed by atoms with van der Waals surface area (Å²) in [6.07, 6.45) is 10.9. The van der Waals surface area contributed by atoms with Crippen molar-refractivity contribution in [1.82, 2.24) is 38.9 Å². The first-order valence-corrected chi connectivity index (χ1v) is 30.5. The molecule has 0 bridgehead atoms. The third-order valence-corrected chi connectivity index (χ3v) is 14.2. The molecule has 2 fully saturated rings. The van der Waals surface area contributed by atoms with Crippen molar-refractivity contribution < 1.29 is 37.5 Å². The van der Waals surface area contributed by atoms with Gasteiger partial charge in [0.05, 0.1) is 40.5 Å². The molecular weight excluding hydrogens is 1130 g/mol. The number of carbonyl (C=O) groups excluding carboxylic acids is 1. The Labute approximate surface area is 505 Å². The Bertz CT molecular complexity index is 3300. The van der Waals surface area contributed by atoms with E-state index in [1.807, 2.05) is 62.6 Å². The zero-order valence-electron chi connectivity index (χ0n) is 48.9. The fourth-order valence-corrected chi connectivity index (χ4v) is 10.5. The monoisotopic (exact) mass is 1210 g/mol. The fraction of sp³-hybridized carbons (Fsp3) is 0.413. The maximum absolute atomic E-state index is 11.3. The van der Waals surface area contributed by atoms with Gasteiger partial charge in [-0.05, 0) is 226 Å². The first-order chi connectivity index (χ1) is 40.1. The molecule has 4 aromatic carbocycles. The number of pyridine rings is 2. The number of alkyl halides is 2.